The van der Waals surface area contributed by atoms with E-state index in [0.717, 1.165) is 38.8 Å². The Bertz CT molecular complexity index is 418. The highest BCUT2D eigenvalue weighted by atomic mass is 16.3. The molecule has 0 amide bonds. The Morgan fingerprint density at radius 1 is 1.35 bits per heavy atom. The normalized spacial score (nSPS) is 25.9. The van der Waals surface area contributed by atoms with Crippen molar-refractivity contribution < 1.29 is 5.11 Å². The van der Waals surface area contributed by atoms with E-state index in [1.807, 2.05) is 0 Å². The number of aliphatic hydroxyl groups excluding tert-OH is 1. The summed E-state index contributed by atoms with van der Waals surface area (Å²) in [7, 11) is 0. The Balaban J connectivity index is 1.96. The molecule has 3 nitrogen and oxygen atoms in total. The Kier molecular flexibility index (Phi) is 5.06. The van der Waals surface area contributed by atoms with Crippen LogP contribution in [0, 0.1) is 12.8 Å². The van der Waals surface area contributed by atoms with E-state index in [1.165, 1.54) is 11.3 Å². The lowest BCUT2D eigenvalue weighted by atomic mass is 9.86. The van der Waals surface area contributed by atoms with Crippen LogP contribution in [-0.2, 0) is 0 Å². The van der Waals surface area contributed by atoms with Crippen LogP contribution in [0.2, 0.25) is 0 Å². The molecule has 1 aliphatic rings. The average molecular weight is 276 g/mol. The predicted octanol–water partition coefficient (Wildman–Crippen LogP) is 2.70. The highest BCUT2D eigenvalue weighted by Crippen LogP contribution is 2.36. The number of rotatable bonds is 6. The van der Waals surface area contributed by atoms with Gasteiger partial charge in [0.05, 0.1) is 6.61 Å². The van der Waals surface area contributed by atoms with Gasteiger partial charge in [0, 0.05) is 24.3 Å². The van der Waals surface area contributed by atoms with E-state index in [-0.39, 0.29) is 12.1 Å². The first-order valence-corrected chi connectivity index (χ1v) is 7.80. The van der Waals surface area contributed by atoms with Crippen molar-refractivity contribution in [3.63, 3.8) is 0 Å². The molecule has 0 saturated heterocycles. The zero-order chi connectivity index (χ0) is 14.6. The van der Waals surface area contributed by atoms with Crippen LogP contribution in [0.25, 0.3) is 0 Å². The highest BCUT2D eigenvalue weighted by Gasteiger charge is 2.38. The van der Waals surface area contributed by atoms with E-state index in [9.17, 15) is 5.11 Å². The lowest BCUT2D eigenvalue weighted by Gasteiger charge is -2.32. The van der Waals surface area contributed by atoms with Gasteiger partial charge < -0.3 is 15.7 Å². The largest absolute Gasteiger partial charge is 0.394 e. The fourth-order valence-corrected chi connectivity index (χ4v) is 3.35. The van der Waals surface area contributed by atoms with Crippen molar-refractivity contribution in [3.05, 3.63) is 29.8 Å². The zero-order valence-corrected chi connectivity index (χ0v) is 12.8. The summed E-state index contributed by atoms with van der Waals surface area (Å²) in [5.74, 6) is 0.451. The maximum Gasteiger partial charge on any atom is 0.0613 e. The van der Waals surface area contributed by atoms with Crippen LogP contribution in [0.15, 0.2) is 24.3 Å². The van der Waals surface area contributed by atoms with E-state index in [2.05, 4.69) is 43.0 Å². The lowest BCUT2D eigenvalue weighted by molar-refractivity contribution is 0.156. The zero-order valence-electron chi connectivity index (χ0n) is 12.8. The van der Waals surface area contributed by atoms with Gasteiger partial charge in [0.2, 0.25) is 0 Å². The van der Waals surface area contributed by atoms with Crippen molar-refractivity contribution in [2.75, 3.05) is 24.6 Å². The Hall–Kier alpha value is -1.06. The maximum atomic E-state index is 9.53. The second kappa shape index (κ2) is 6.59. The molecule has 2 rings (SSSR count). The first-order chi connectivity index (χ1) is 9.59. The topological polar surface area (TPSA) is 49.5 Å². The third-order valence-electron chi connectivity index (χ3n) is 4.83. The standard InChI is InChI=1S/C17H28N2O/c1-3-19(16-8-6-14(2)7-9-16)12-10-15-5-4-11-17(15,18)13-20/h6-9,15,20H,3-5,10-13,18H2,1-2H3. The summed E-state index contributed by atoms with van der Waals surface area (Å²) in [6.45, 7) is 6.45. The smallest absolute Gasteiger partial charge is 0.0613 e. The molecule has 1 aliphatic carbocycles. The van der Waals surface area contributed by atoms with Crippen LogP contribution in [-0.4, -0.2) is 30.3 Å². The predicted molar refractivity (Wildman–Crippen MR) is 85.0 cm³/mol. The molecule has 3 heteroatoms. The number of anilines is 1. The minimum Gasteiger partial charge on any atom is -0.394 e. The fraction of sp³-hybridized carbons (Fsp3) is 0.647. The van der Waals surface area contributed by atoms with Crippen molar-refractivity contribution in [3.8, 4) is 0 Å². The van der Waals surface area contributed by atoms with E-state index >= 15 is 0 Å². The molecule has 1 aromatic carbocycles. The van der Waals surface area contributed by atoms with Crippen LogP contribution >= 0.6 is 0 Å². The van der Waals surface area contributed by atoms with E-state index in [0.29, 0.717) is 5.92 Å². The van der Waals surface area contributed by atoms with Crippen molar-refractivity contribution >= 4 is 5.69 Å². The molecule has 1 saturated carbocycles. The van der Waals surface area contributed by atoms with Crippen LogP contribution in [0.4, 0.5) is 5.69 Å². The SMILES string of the molecule is CCN(CCC1CCCC1(N)CO)c1ccc(C)cc1. The molecule has 0 aromatic heterocycles. The first-order valence-electron chi connectivity index (χ1n) is 7.80. The molecule has 1 aromatic rings. The van der Waals surface area contributed by atoms with E-state index < -0.39 is 0 Å². The third-order valence-corrected chi connectivity index (χ3v) is 4.83. The summed E-state index contributed by atoms with van der Waals surface area (Å²) in [6.07, 6.45) is 4.34. The Morgan fingerprint density at radius 3 is 2.65 bits per heavy atom. The van der Waals surface area contributed by atoms with Gasteiger partial charge >= 0.3 is 0 Å². The number of hydrogen-bond acceptors (Lipinski definition) is 3. The molecule has 20 heavy (non-hydrogen) atoms. The van der Waals surface area contributed by atoms with E-state index in [1.54, 1.807) is 0 Å². The Morgan fingerprint density at radius 2 is 2.05 bits per heavy atom. The summed E-state index contributed by atoms with van der Waals surface area (Å²) in [4.78, 5) is 2.40. The average Bonchev–Trinajstić information content (AvgIpc) is 2.83. The molecule has 0 spiro atoms. The van der Waals surface area contributed by atoms with Crippen LogP contribution in [0.5, 0.6) is 0 Å². The summed E-state index contributed by atoms with van der Waals surface area (Å²) < 4.78 is 0. The van der Waals surface area contributed by atoms with Crippen LogP contribution < -0.4 is 10.6 Å². The van der Waals surface area contributed by atoms with Crippen molar-refractivity contribution in [2.24, 2.45) is 11.7 Å². The Labute approximate surface area is 122 Å². The summed E-state index contributed by atoms with van der Waals surface area (Å²) >= 11 is 0. The molecule has 2 atom stereocenters. The van der Waals surface area contributed by atoms with Crippen LogP contribution in [0.3, 0.4) is 0 Å². The first kappa shape index (κ1) is 15.3. The molecule has 0 aliphatic heterocycles. The molecule has 2 unspecified atom stereocenters. The number of aryl methyl sites for hydroxylation is 1. The maximum absolute atomic E-state index is 9.53. The van der Waals surface area contributed by atoms with Crippen LogP contribution in [0.1, 0.15) is 38.2 Å². The number of nitrogens with zero attached hydrogens (tertiary/aromatic N) is 1. The van der Waals surface area contributed by atoms with Gasteiger partial charge in [-0.25, -0.2) is 0 Å². The second-order valence-corrected chi connectivity index (χ2v) is 6.18. The minimum atomic E-state index is -0.341. The van der Waals surface area contributed by atoms with Gasteiger partial charge in [0.1, 0.15) is 0 Å². The molecular formula is C17H28N2O. The summed E-state index contributed by atoms with van der Waals surface area (Å²) in [6, 6.07) is 8.70. The number of nitrogens with two attached hydrogens (primary N) is 1. The molecular weight excluding hydrogens is 248 g/mol. The number of aliphatic hydroxyl groups is 1. The number of benzene rings is 1. The molecule has 0 radical (unpaired) electrons. The van der Waals surface area contributed by atoms with Crippen molar-refractivity contribution in [2.45, 2.75) is 45.1 Å². The molecule has 112 valence electrons. The van der Waals surface area contributed by atoms with Gasteiger partial charge in [-0.05, 0) is 51.2 Å². The molecule has 1 fully saturated rings. The highest BCUT2D eigenvalue weighted by molar-refractivity contribution is 5.47. The summed E-state index contributed by atoms with van der Waals surface area (Å²) in [5.41, 5.74) is 8.55. The van der Waals surface area contributed by atoms with Gasteiger partial charge in [-0.15, -0.1) is 0 Å². The summed E-state index contributed by atoms with van der Waals surface area (Å²) in [5, 5.41) is 9.53. The molecule has 3 N–H and O–H groups in total. The van der Waals surface area contributed by atoms with Gasteiger partial charge in [0.25, 0.3) is 0 Å². The molecule has 0 heterocycles. The third kappa shape index (κ3) is 3.33. The molecule has 0 bridgehead atoms. The van der Waals surface area contributed by atoms with Crippen molar-refractivity contribution in [1.29, 1.82) is 0 Å². The monoisotopic (exact) mass is 276 g/mol. The van der Waals surface area contributed by atoms with Gasteiger partial charge in [-0.1, -0.05) is 24.1 Å². The van der Waals surface area contributed by atoms with Gasteiger partial charge in [-0.2, -0.15) is 0 Å². The van der Waals surface area contributed by atoms with Gasteiger partial charge in [0.15, 0.2) is 0 Å². The van der Waals surface area contributed by atoms with Crippen molar-refractivity contribution in [1.82, 2.24) is 0 Å². The van der Waals surface area contributed by atoms with E-state index in [4.69, 9.17) is 5.73 Å². The minimum absolute atomic E-state index is 0.119. The lowest BCUT2D eigenvalue weighted by Crippen LogP contribution is -2.47. The quantitative estimate of drug-likeness (QED) is 0.840. The van der Waals surface area contributed by atoms with Gasteiger partial charge in [-0.3, -0.25) is 0 Å². The number of hydrogen-bond donors (Lipinski definition) is 2. The second-order valence-electron chi connectivity index (χ2n) is 6.18. The fourth-order valence-electron chi connectivity index (χ4n) is 3.35.